The summed E-state index contributed by atoms with van der Waals surface area (Å²) >= 11 is 0. The summed E-state index contributed by atoms with van der Waals surface area (Å²) in [5, 5.41) is 0. The fourth-order valence-electron chi connectivity index (χ4n) is 1.23. The van der Waals surface area contributed by atoms with Crippen molar-refractivity contribution < 1.29 is 0 Å². The maximum Gasteiger partial charge on any atom is 0.0192 e. The monoisotopic (exact) mass is 256 g/mol. The largest absolute Gasteiger partial charge is 0.304 e. The summed E-state index contributed by atoms with van der Waals surface area (Å²) in [4.78, 5) is 4.78. The van der Waals surface area contributed by atoms with Crippen molar-refractivity contribution >= 4 is 24.0 Å². The second-order valence-electron chi connectivity index (χ2n) is 3.09. The van der Waals surface area contributed by atoms with Crippen LogP contribution in [0.5, 0.6) is 0 Å². The van der Waals surface area contributed by atoms with Gasteiger partial charge in [-0.15, -0.1) is 24.0 Å². The van der Waals surface area contributed by atoms with E-state index in [1.165, 1.54) is 19.6 Å². The zero-order valence-electron chi connectivity index (χ0n) is 7.00. The molecule has 1 fully saturated rings. The molecule has 0 spiro atoms. The molecule has 0 saturated carbocycles. The lowest BCUT2D eigenvalue weighted by molar-refractivity contribution is 0.125. The van der Waals surface area contributed by atoms with E-state index in [-0.39, 0.29) is 24.0 Å². The molecule has 10 heavy (non-hydrogen) atoms. The van der Waals surface area contributed by atoms with Gasteiger partial charge in [-0.05, 0) is 21.0 Å². The summed E-state index contributed by atoms with van der Waals surface area (Å²) in [6.07, 6.45) is 0. The maximum atomic E-state index is 2.40. The average Bonchev–Trinajstić information content (AvgIpc) is 1.80. The van der Waals surface area contributed by atoms with Crippen molar-refractivity contribution in [2.24, 2.45) is 0 Å². The molecule has 1 saturated heterocycles. The Labute approximate surface area is 80.6 Å². The van der Waals surface area contributed by atoms with Crippen LogP contribution in [-0.2, 0) is 0 Å². The number of hydrogen-bond donors (Lipinski definition) is 0. The molecule has 1 aliphatic heterocycles. The van der Waals surface area contributed by atoms with Gasteiger partial charge in [0.1, 0.15) is 0 Å². The summed E-state index contributed by atoms with van der Waals surface area (Å²) in [5.41, 5.74) is 0. The lowest BCUT2D eigenvalue weighted by atomic mass is 10.2. The van der Waals surface area contributed by atoms with E-state index in [9.17, 15) is 0 Å². The Morgan fingerprint density at radius 2 is 1.80 bits per heavy atom. The minimum absolute atomic E-state index is 0. The molecule has 1 aliphatic rings. The van der Waals surface area contributed by atoms with Crippen LogP contribution < -0.4 is 0 Å². The van der Waals surface area contributed by atoms with Crippen molar-refractivity contribution in [2.45, 2.75) is 13.0 Å². The van der Waals surface area contributed by atoms with Crippen LogP contribution in [0.3, 0.4) is 0 Å². The first kappa shape index (κ1) is 10.7. The van der Waals surface area contributed by atoms with Gasteiger partial charge < -0.3 is 9.80 Å². The Kier molecular flexibility index (Phi) is 4.81. The van der Waals surface area contributed by atoms with Gasteiger partial charge in [0.15, 0.2) is 0 Å². The molecule has 1 rings (SSSR count). The lowest BCUT2D eigenvalue weighted by Gasteiger charge is -2.35. The van der Waals surface area contributed by atoms with Crippen molar-refractivity contribution in [3.8, 4) is 0 Å². The maximum absolute atomic E-state index is 2.40. The molecule has 0 radical (unpaired) electrons. The van der Waals surface area contributed by atoms with Crippen molar-refractivity contribution in [1.29, 1.82) is 0 Å². The van der Waals surface area contributed by atoms with Crippen LogP contribution in [0, 0.1) is 0 Å². The minimum atomic E-state index is 0. The molecule has 1 heterocycles. The molecule has 0 amide bonds. The second kappa shape index (κ2) is 4.51. The number of nitrogens with zero attached hydrogens (tertiary/aromatic N) is 2. The van der Waals surface area contributed by atoms with Gasteiger partial charge in [0, 0.05) is 25.7 Å². The van der Waals surface area contributed by atoms with Gasteiger partial charge in [0.2, 0.25) is 0 Å². The summed E-state index contributed by atoms with van der Waals surface area (Å²) in [5.74, 6) is 0. The highest BCUT2D eigenvalue weighted by Gasteiger charge is 2.16. The number of piperazine rings is 1. The van der Waals surface area contributed by atoms with Gasteiger partial charge in [0.05, 0.1) is 0 Å². The fraction of sp³-hybridized carbons (Fsp3) is 1.00. The topological polar surface area (TPSA) is 6.48 Å². The second-order valence-corrected chi connectivity index (χ2v) is 3.09. The highest BCUT2D eigenvalue weighted by Crippen LogP contribution is 2.03. The molecule has 0 aromatic heterocycles. The SMILES string of the molecule is CC1CN(C)CCN1C.I. The average molecular weight is 256 g/mol. The molecule has 1 unspecified atom stereocenters. The van der Waals surface area contributed by atoms with Crippen LogP contribution >= 0.6 is 24.0 Å². The highest BCUT2D eigenvalue weighted by atomic mass is 127. The van der Waals surface area contributed by atoms with E-state index in [0.717, 1.165) is 6.04 Å². The molecule has 0 aromatic carbocycles. The van der Waals surface area contributed by atoms with Crippen molar-refractivity contribution in [2.75, 3.05) is 33.7 Å². The first-order chi connectivity index (χ1) is 4.20. The lowest BCUT2D eigenvalue weighted by Crippen LogP contribution is -2.48. The molecule has 0 N–H and O–H groups in total. The zero-order valence-corrected chi connectivity index (χ0v) is 9.33. The van der Waals surface area contributed by atoms with E-state index < -0.39 is 0 Å². The third kappa shape index (κ3) is 2.72. The number of hydrogen-bond acceptors (Lipinski definition) is 2. The first-order valence-corrected chi connectivity index (χ1v) is 3.59. The quantitative estimate of drug-likeness (QED) is 0.593. The minimum Gasteiger partial charge on any atom is -0.304 e. The first-order valence-electron chi connectivity index (χ1n) is 3.59. The van der Waals surface area contributed by atoms with E-state index in [1.54, 1.807) is 0 Å². The van der Waals surface area contributed by atoms with Crippen LogP contribution in [0.4, 0.5) is 0 Å². The molecule has 0 aliphatic carbocycles. The molecule has 3 heteroatoms. The standard InChI is InChI=1S/C7H16N2.HI/c1-7-6-8(2)4-5-9(7)3;/h7H,4-6H2,1-3H3;1H. The molecule has 0 bridgehead atoms. The van der Waals surface area contributed by atoms with E-state index in [4.69, 9.17) is 0 Å². The van der Waals surface area contributed by atoms with Gasteiger partial charge in [-0.2, -0.15) is 0 Å². The Morgan fingerprint density at radius 1 is 1.20 bits per heavy atom. The Hall–Kier alpha value is 0.650. The highest BCUT2D eigenvalue weighted by molar-refractivity contribution is 14.0. The van der Waals surface area contributed by atoms with Crippen LogP contribution in [0.1, 0.15) is 6.92 Å². The van der Waals surface area contributed by atoms with E-state index in [1.807, 2.05) is 0 Å². The number of rotatable bonds is 0. The molecular weight excluding hydrogens is 239 g/mol. The van der Waals surface area contributed by atoms with Gasteiger partial charge >= 0.3 is 0 Å². The Morgan fingerprint density at radius 3 is 2.20 bits per heavy atom. The molecule has 1 atom stereocenters. The van der Waals surface area contributed by atoms with Gasteiger partial charge in [-0.1, -0.05) is 0 Å². The molecule has 2 nitrogen and oxygen atoms in total. The number of likely N-dealkylation sites (N-methyl/N-ethyl adjacent to an activating group) is 2. The normalized spacial score (nSPS) is 29.7. The summed E-state index contributed by atoms with van der Waals surface area (Å²) in [6.45, 7) is 5.94. The smallest absolute Gasteiger partial charge is 0.0192 e. The predicted molar refractivity (Wildman–Crippen MR) is 55.0 cm³/mol. The van der Waals surface area contributed by atoms with Crippen LogP contribution in [0.2, 0.25) is 0 Å². The van der Waals surface area contributed by atoms with E-state index in [0.29, 0.717) is 0 Å². The number of halogens is 1. The summed E-state index contributed by atoms with van der Waals surface area (Å²) in [7, 11) is 4.38. The van der Waals surface area contributed by atoms with Crippen molar-refractivity contribution in [3.63, 3.8) is 0 Å². The van der Waals surface area contributed by atoms with Crippen LogP contribution in [0.25, 0.3) is 0 Å². The van der Waals surface area contributed by atoms with E-state index >= 15 is 0 Å². The summed E-state index contributed by atoms with van der Waals surface area (Å²) < 4.78 is 0. The van der Waals surface area contributed by atoms with Crippen molar-refractivity contribution in [1.82, 2.24) is 9.80 Å². The van der Waals surface area contributed by atoms with E-state index in [2.05, 4.69) is 30.8 Å². The Balaban J connectivity index is 0.000000810. The molecular formula is C7H17IN2. The third-order valence-corrected chi connectivity index (χ3v) is 2.16. The van der Waals surface area contributed by atoms with Gasteiger partial charge in [0.25, 0.3) is 0 Å². The van der Waals surface area contributed by atoms with Gasteiger partial charge in [-0.25, -0.2) is 0 Å². The van der Waals surface area contributed by atoms with Crippen molar-refractivity contribution in [3.05, 3.63) is 0 Å². The molecule has 62 valence electrons. The zero-order chi connectivity index (χ0) is 6.85. The summed E-state index contributed by atoms with van der Waals surface area (Å²) in [6, 6.07) is 0.740. The van der Waals surface area contributed by atoms with Crippen LogP contribution in [0.15, 0.2) is 0 Å². The Bertz CT molecular complexity index is 97.6. The predicted octanol–water partition coefficient (Wildman–Crippen LogP) is 0.870. The molecule has 0 aromatic rings. The van der Waals surface area contributed by atoms with Gasteiger partial charge in [-0.3, -0.25) is 0 Å². The fourth-order valence-corrected chi connectivity index (χ4v) is 1.23. The van der Waals surface area contributed by atoms with Crippen LogP contribution in [-0.4, -0.2) is 49.6 Å². The third-order valence-electron chi connectivity index (χ3n) is 2.16.